The number of benzene rings is 2. The summed E-state index contributed by atoms with van der Waals surface area (Å²) in [6.07, 6.45) is -3.94. The van der Waals surface area contributed by atoms with Crippen LogP contribution in [-0.2, 0) is 12.6 Å². The molecule has 2 rings (SSSR count). The maximum absolute atomic E-state index is 12.8. The van der Waals surface area contributed by atoms with Crippen LogP contribution >= 0.6 is 0 Å². The number of halogens is 4. The number of hydrogen-bond acceptors (Lipinski definition) is 2. The van der Waals surface area contributed by atoms with Gasteiger partial charge in [-0.2, -0.15) is 13.2 Å². The molecular weight excluding hydrogens is 364 g/mol. The van der Waals surface area contributed by atoms with Crippen molar-refractivity contribution in [2.75, 3.05) is 26.7 Å². The Morgan fingerprint density at radius 1 is 1.07 bits per heavy atom. The van der Waals surface area contributed by atoms with Crippen LogP contribution in [-0.4, -0.2) is 37.7 Å². The summed E-state index contributed by atoms with van der Waals surface area (Å²) < 4.78 is 55.7. The lowest BCUT2D eigenvalue weighted by Gasteiger charge is -2.18. The lowest BCUT2D eigenvalue weighted by molar-refractivity contribution is -0.137. The highest BCUT2D eigenvalue weighted by Crippen LogP contribution is 2.29. The largest absolute Gasteiger partial charge is 0.492 e. The molecule has 0 fully saturated rings. The molecule has 0 radical (unpaired) electrons. The van der Waals surface area contributed by atoms with E-state index in [1.54, 1.807) is 7.05 Å². The van der Waals surface area contributed by atoms with E-state index in [4.69, 9.17) is 4.74 Å². The van der Waals surface area contributed by atoms with Crippen LogP contribution in [0.2, 0.25) is 0 Å². The molecule has 2 amide bonds. The fraction of sp³-hybridized carbons (Fsp3) is 0.316. The van der Waals surface area contributed by atoms with Gasteiger partial charge in [0.15, 0.2) is 0 Å². The van der Waals surface area contributed by atoms with Crippen molar-refractivity contribution in [2.24, 2.45) is 0 Å². The maximum Gasteiger partial charge on any atom is 0.416 e. The molecule has 8 heteroatoms. The standard InChI is InChI=1S/C19H20F4N2O2/c1-25(12-13-27-17-8-6-16(20)7-9-17)18(26)24-11-10-14-2-4-15(5-3-14)19(21,22)23/h2-9H,10-13H2,1H3,(H,24,26). The van der Waals surface area contributed by atoms with Gasteiger partial charge < -0.3 is 15.0 Å². The summed E-state index contributed by atoms with van der Waals surface area (Å²) in [5.41, 5.74) is 0.00164. The second-order valence-electron chi connectivity index (χ2n) is 5.90. The van der Waals surface area contributed by atoms with Crippen LogP contribution in [0.5, 0.6) is 5.75 Å². The van der Waals surface area contributed by atoms with Gasteiger partial charge in [-0.15, -0.1) is 0 Å². The zero-order valence-electron chi connectivity index (χ0n) is 14.7. The van der Waals surface area contributed by atoms with Crippen molar-refractivity contribution in [3.8, 4) is 5.75 Å². The molecule has 0 heterocycles. The predicted octanol–water partition coefficient (Wildman–Crippen LogP) is 4.11. The summed E-state index contributed by atoms with van der Waals surface area (Å²) >= 11 is 0. The molecule has 0 atom stereocenters. The van der Waals surface area contributed by atoms with Gasteiger partial charge in [0.25, 0.3) is 0 Å². The van der Waals surface area contributed by atoms with Gasteiger partial charge in [-0.3, -0.25) is 0 Å². The molecule has 1 N–H and O–H groups in total. The number of amides is 2. The van der Waals surface area contributed by atoms with Gasteiger partial charge in [0.1, 0.15) is 18.2 Å². The summed E-state index contributed by atoms with van der Waals surface area (Å²) in [4.78, 5) is 13.4. The van der Waals surface area contributed by atoms with Crippen LogP contribution in [0.3, 0.4) is 0 Å². The number of carbonyl (C=O) groups is 1. The topological polar surface area (TPSA) is 41.6 Å². The van der Waals surface area contributed by atoms with Crippen LogP contribution in [0.1, 0.15) is 11.1 Å². The van der Waals surface area contributed by atoms with Crippen LogP contribution in [0, 0.1) is 5.82 Å². The number of rotatable bonds is 7. The second-order valence-corrected chi connectivity index (χ2v) is 5.90. The Morgan fingerprint density at radius 3 is 2.30 bits per heavy atom. The van der Waals surface area contributed by atoms with E-state index >= 15 is 0 Å². The number of likely N-dealkylation sites (N-methyl/N-ethyl adjacent to an activating group) is 1. The number of ether oxygens (including phenoxy) is 1. The van der Waals surface area contributed by atoms with Crippen LogP contribution in [0.15, 0.2) is 48.5 Å². The molecule has 146 valence electrons. The monoisotopic (exact) mass is 384 g/mol. The van der Waals surface area contributed by atoms with E-state index < -0.39 is 11.7 Å². The van der Waals surface area contributed by atoms with Crippen molar-refractivity contribution >= 4 is 6.03 Å². The van der Waals surface area contributed by atoms with Crippen molar-refractivity contribution in [3.63, 3.8) is 0 Å². The summed E-state index contributed by atoms with van der Waals surface area (Å²) in [7, 11) is 1.60. The summed E-state index contributed by atoms with van der Waals surface area (Å²) in [6.45, 7) is 0.866. The fourth-order valence-electron chi connectivity index (χ4n) is 2.24. The second kappa shape index (κ2) is 9.25. The number of nitrogens with one attached hydrogen (secondary N) is 1. The third-order valence-corrected chi connectivity index (χ3v) is 3.83. The van der Waals surface area contributed by atoms with Crippen LogP contribution < -0.4 is 10.1 Å². The first-order valence-electron chi connectivity index (χ1n) is 8.29. The average molecular weight is 384 g/mol. The Hall–Kier alpha value is -2.77. The first-order valence-corrected chi connectivity index (χ1v) is 8.29. The molecule has 0 aliphatic carbocycles. The normalized spacial score (nSPS) is 11.1. The molecule has 0 saturated carbocycles. The molecule has 27 heavy (non-hydrogen) atoms. The van der Waals surface area contributed by atoms with Gasteiger partial charge >= 0.3 is 12.2 Å². The van der Waals surface area contributed by atoms with E-state index in [2.05, 4.69) is 5.32 Å². The highest BCUT2D eigenvalue weighted by atomic mass is 19.4. The Bertz CT molecular complexity index is 731. The van der Waals surface area contributed by atoms with Crippen molar-refractivity contribution in [2.45, 2.75) is 12.6 Å². The van der Waals surface area contributed by atoms with E-state index in [9.17, 15) is 22.4 Å². The SMILES string of the molecule is CN(CCOc1ccc(F)cc1)C(=O)NCCc1ccc(C(F)(F)F)cc1. The first kappa shape index (κ1) is 20.5. The minimum absolute atomic E-state index is 0.245. The van der Waals surface area contributed by atoms with E-state index in [1.165, 1.54) is 41.3 Å². The van der Waals surface area contributed by atoms with E-state index in [-0.39, 0.29) is 18.5 Å². The summed E-state index contributed by atoms with van der Waals surface area (Å²) in [5.74, 6) is 0.152. The molecule has 0 saturated heterocycles. The fourth-order valence-corrected chi connectivity index (χ4v) is 2.24. The van der Waals surface area contributed by atoms with Gasteiger partial charge in [-0.25, -0.2) is 9.18 Å². The van der Waals surface area contributed by atoms with Gasteiger partial charge in [0, 0.05) is 13.6 Å². The molecule has 0 aliphatic rings. The van der Waals surface area contributed by atoms with Crippen molar-refractivity contribution in [1.29, 1.82) is 0 Å². The molecule has 2 aromatic carbocycles. The number of nitrogens with zero attached hydrogens (tertiary/aromatic N) is 1. The van der Waals surface area contributed by atoms with E-state index in [1.807, 2.05) is 0 Å². The minimum Gasteiger partial charge on any atom is -0.492 e. The highest BCUT2D eigenvalue weighted by molar-refractivity contribution is 5.73. The molecule has 0 aromatic heterocycles. The molecule has 0 spiro atoms. The lowest BCUT2D eigenvalue weighted by Crippen LogP contribution is -2.40. The minimum atomic E-state index is -4.36. The molecule has 2 aromatic rings. The summed E-state index contributed by atoms with van der Waals surface area (Å²) in [6, 6.07) is 10.1. The van der Waals surface area contributed by atoms with Crippen molar-refractivity contribution < 1.29 is 27.1 Å². The summed E-state index contributed by atoms with van der Waals surface area (Å²) in [5, 5.41) is 2.69. The van der Waals surface area contributed by atoms with Gasteiger partial charge in [0.05, 0.1) is 12.1 Å². The molecule has 0 bridgehead atoms. The molecule has 0 aliphatic heterocycles. The first-order chi connectivity index (χ1) is 12.8. The molecule has 0 unspecified atom stereocenters. The van der Waals surface area contributed by atoms with Gasteiger partial charge in [-0.1, -0.05) is 12.1 Å². The Kier molecular flexibility index (Phi) is 7.04. The van der Waals surface area contributed by atoms with Crippen molar-refractivity contribution in [1.82, 2.24) is 10.2 Å². The number of carbonyl (C=O) groups excluding carboxylic acids is 1. The molecule has 4 nitrogen and oxygen atoms in total. The highest BCUT2D eigenvalue weighted by Gasteiger charge is 2.29. The van der Waals surface area contributed by atoms with E-state index in [0.717, 1.165) is 12.1 Å². The Balaban J connectivity index is 1.67. The van der Waals surface area contributed by atoms with Crippen LogP contribution in [0.4, 0.5) is 22.4 Å². The number of hydrogen-bond donors (Lipinski definition) is 1. The maximum atomic E-state index is 12.8. The molecular formula is C19H20F4N2O2. The number of alkyl halides is 3. The van der Waals surface area contributed by atoms with Gasteiger partial charge in [0.2, 0.25) is 0 Å². The van der Waals surface area contributed by atoms with E-state index in [0.29, 0.717) is 30.8 Å². The predicted molar refractivity (Wildman–Crippen MR) is 93.1 cm³/mol. The average Bonchev–Trinajstić information content (AvgIpc) is 2.63. The quantitative estimate of drug-likeness (QED) is 0.730. The third kappa shape index (κ3) is 6.80. The number of urea groups is 1. The zero-order chi connectivity index (χ0) is 19.9. The smallest absolute Gasteiger partial charge is 0.416 e. The zero-order valence-corrected chi connectivity index (χ0v) is 14.7. The van der Waals surface area contributed by atoms with Gasteiger partial charge in [-0.05, 0) is 48.4 Å². The third-order valence-electron chi connectivity index (χ3n) is 3.83. The Labute approximate surface area is 154 Å². The Morgan fingerprint density at radius 2 is 1.70 bits per heavy atom. The van der Waals surface area contributed by atoms with Crippen LogP contribution in [0.25, 0.3) is 0 Å². The van der Waals surface area contributed by atoms with Crippen molar-refractivity contribution in [3.05, 3.63) is 65.5 Å². The lowest BCUT2D eigenvalue weighted by atomic mass is 10.1.